The number of carbonyl (C=O) groups is 1. The number of likely N-dealkylation sites (tertiary alicyclic amines) is 1. The number of ether oxygens (including phenoxy) is 1. The first-order chi connectivity index (χ1) is 13.7. The molecular formula is C24H27BrFNO2. The van der Waals surface area contributed by atoms with Gasteiger partial charge in [-0.1, -0.05) is 34.1 Å². The van der Waals surface area contributed by atoms with Crippen molar-refractivity contribution in [3.05, 3.63) is 69.4 Å². The van der Waals surface area contributed by atoms with E-state index in [4.69, 9.17) is 4.74 Å². The average molecular weight is 460 g/mol. The Kier molecular flexibility index (Phi) is 5.22. The maximum atomic E-state index is 13.5. The monoisotopic (exact) mass is 459 g/mol. The second-order valence-electron chi connectivity index (χ2n) is 9.24. The predicted octanol–water partition coefficient (Wildman–Crippen LogP) is 6.02. The number of aryl methyl sites for hydroxylation is 1. The van der Waals surface area contributed by atoms with Gasteiger partial charge in [-0.15, -0.1) is 0 Å². The van der Waals surface area contributed by atoms with E-state index < -0.39 is 5.60 Å². The molecule has 0 aromatic heterocycles. The van der Waals surface area contributed by atoms with E-state index in [0.29, 0.717) is 6.54 Å². The van der Waals surface area contributed by atoms with E-state index in [-0.39, 0.29) is 23.4 Å². The maximum Gasteiger partial charge on any atom is 0.410 e. The molecule has 1 aliphatic heterocycles. The Morgan fingerprint density at radius 2 is 1.97 bits per heavy atom. The van der Waals surface area contributed by atoms with Crippen molar-refractivity contribution in [1.82, 2.24) is 4.90 Å². The van der Waals surface area contributed by atoms with E-state index in [1.165, 1.54) is 23.3 Å². The van der Waals surface area contributed by atoms with Gasteiger partial charge in [-0.3, -0.25) is 0 Å². The van der Waals surface area contributed by atoms with Crippen LogP contribution in [0.15, 0.2) is 46.9 Å². The molecule has 5 heteroatoms. The molecule has 1 amide bonds. The van der Waals surface area contributed by atoms with Crippen LogP contribution in [-0.2, 0) is 23.0 Å². The molecule has 154 valence electrons. The number of hydrogen-bond acceptors (Lipinski definition) is 2. The summed E-state index contributed by atoms with van der Waals surface area (Å²) in [7, 11) is 0. The number of hydrogen-bond donors (Lipinski definition) is 0. The van der Waals surface area contributed by atoms with Gasteiger partial charge in [0, 0.05) is 22.5 Å². The molecule has 2 aromatic rings. The van der Waals surface area contributed by atoms with Gasteiger partial charge < -0.3 is 9.64 Å². The highest BCUT2D eigenvalue weighted by Gasteiger charge is 2.53. The first-order valence-electron chi connectivity index (χ1n) is 10.2. The zero-order valence-electron chi connectivity index (χ0n) is 17.2. The van der Waals surface area contributed by atoms with Gasteiger partial charge in [0.05, 0.1) is 0 Å². The minimum atomic E-state index is -0.517. The number of fused-ring (bicyclic) bond motifs is 3. The van der Waals surface area contributed by atoms with Gasteiger partial charge in [0.25, 0.3) is 0 Å². The van der Waals surface area contributed by atoms with Crippen LogP contribution in [0, 0.1) is 5.82 Å². The third kappa shape index (κ3) is 3.94. The Balaban J connectivity index is 1.74. The molecule has 3 nitrogen and oxygen atoms in total. The molecule has 2 aliphatic rings. The third-order valence-corrected chi connectivity index (χ3v) is 6.66. The van der Waals surface area contributed by atoms with Gasteiger partial charge in [0.2, 0.25) is 0 Å². The van der Waals surface area contributed by atoms with Crippen LogP contribution >= 0.6 is 15.9 Å². The fourth-order valence-electron chi connectivity index (χ4n) is 5.04. The first-order valence-corrected chi connectivity index (χ1v) is 11.0. The summed E-state index contributed by atoms with van der Waals surface area (Å²) in [6.45, 7) is 6.39. The Hall–Kier alpha value is -1.88. The van der Waals surface area contributed by atoms with Crippen LogP contribution in [0.1, 0.15) is 50.3 Å². The highest BCUT2D eigenvalue weighted by molar-refractivity contribution is 9.10. The van der Waals surface area contributed by atoms with Gasteiger partial charge in [0.15, 0.2) is 0 Å². The lowest BCUT2D eigenvalue weighted by Crippen LogP contribution is -2.50. The van der Waals surface area contributed by atoms with E-state index in [0.717, 1.165) is 35.7 Å². The molecule has 4 rings (SSSR count). The van der Waals surface area contributed by atoms with Crippen molar-refractivity contribution >= 4 is 22.0 Å². The molecule has 1 aliphatic carbocycles. The minimum absolute atomic E-state index is 0.0797. The molecule has 2 unspecified atom stereocenters. The predicted molar refractivity (Wildman–Crippen MR) is 116 cm³/mol. The molecule has 0 saturated carbocycles. The molecule has 0 N–H and O–H groups in total. The van der Waals surface area contributed by atoms with Crippen molar-refractivity contribution < 1.29 is 13.9 Å². The highest BCUT2D eigenvalue weighted by Crippen LogP contribution is 2.49. The lowest BCUT2D eigenvalue weighted by molar-refractivity contribution is 0.0180. The molecule has 0 bridgehead atoms. The normalized spacial score (nSPS) is 23.5. The molecular weight excluding hydrogens is 433 g/mol. The molecule has 0 spiro atoms. The molecule has 0 radical (unpaired) electrons. The van der Waals surface area contributed by atoms with Crippen molar-refractivity contribution in [1.29, 1.82) is 0 Å². The summed E-state index contributed by atoms with van der Waals surface area (Å²) < 4.78 is 20.3. The SMILES string of the molecule is CC(C)(C)OC(=O)N1CCC2(Cc3ccc(F)cc3)c3ccc(Br)cc3CCC12. The van der Waals surface area contributed by atoms with E-state index >= 15 is 0 Å². The quantitative estimate of drug-likeness (QED) is 0.548. The smallest absolute Gasteiger partial charge is 0.410 e. The number of halogens is 2. The zero-order chi connectivity index (χ0) is 20.8. The average Bonchev–Trinajstić information content (AvgIpc) is 3.01. The molecule has 1 heterocycles. The van der Waals surface area contributed by atoms with Crippen LogP contribution in [0.3, 0.4) is 0 Å². The summed E-state index contributed by atoms with van der Waals surface area (Å²) in [4.78, 5) is 14.9. The van der Waals surface area contributed by atoms with Crippen LogP contribution in [0.4, 0.5) is 9.18 Å². The topological polar surface area (TPSA) is 29.5 Å². The summed E-state index contributed by atoms with van der Waals surface area (Å²) in [5.41, 5.74) is 3.05. The first kappa shape index (κ1) is 20.4. The standard InChI is InChI=1S/C24H27BrFNO2/c1-23(2,3)29-22(28)27-13-12-24(15-16-4-8-19(26)9-5-16)20-10-7-18(25)14-17(20)6-11-21(24)27/h4-5,7-10,14,21H,6,11-13,15H2,1-3H3. The number of nitrogens with zero attached hydrogens (tertiary/aromatic N) is 1. The van der Waals surface area contributed by atoms with Gasteiger partial charge in [-0.25, -0.2) is 9.18 Å². The number of carbonyl (C=O) groups excluding carboxylic acids is 1. The molecule has 2 aromatic carbocycles. The number of benzene rings is 2. The van der Waals surface area contributed by atoms with Crippen molar-refractivity contribution in [2.75, 3.05) is 6.54 Å². The van der Waals surface area contributed by atoms with Crippen molar-refractivity contribution in [2.24, 2.45) is 0 Å². The van der Waals surface area contributed by atoms with Gasteiger partial charge in [-0.2, -0.15) is 0 Å². The van der Waals surface area contributed by atoms with Crippen molar-refractivity contribution in [3.8, 4) is 0 Å². The van der Waals surface area contributed by atoms with E-state index in [2.05, 4.69) is 34.1 Å². The number of amides is 1. The van der Waals surface area contributed by atoms with Crippen LogP contribution in [-0.4, -0.2) is 29.2 Å². The zero-order valence-corrected chi connectivity index (χ0v) is 18.8. The minimum Gasteiger partial charge on any atom is -0.444 e. The summed E-state index contributed by atoms with van der Waals surface area (Å²) in [5.74, 6) is -0.224. The number of rotatable bonds is 2. The fraction of sp³-hybridized carbons (Fsp3) is 0.458. The summed E-state index contributed by atoms with van der Waals surface area (Å²) in [6.07, 6.45) is 3.27. The Bertz CT molecular complexity index is 921. The maximum absolute atomic E-state index is 13.5. The molecule has 2 atom stereocenters. The molecule has 1 fully saturated rings. The molecule has 29 heavy (non-hydrogen) atoms. The van der Waals surface area contributed by atoms with E-state index in [1.54, 1.807) is 0 Å². The Labute approximate surface area is 180 Å². The second-order valence-corrected chi connectivity index (χ2v) is 10.2. The fourth-order valence-corrected chi connectivity index (χ4v) is 5.45. The van der Waals surface area contributed by atoms with Gasteiger partial charge in [0.1, 0.15) is 11.4 Å². The van der Waals surface area contributed by atoms with Gasteiger partial charge >= 0.3 is 6.09 Å². The van der Waals surface area contributed by atoms with Crippen molar-refractivity contribution in [2.45, 2.75) is 63.5 Å². The summed E-state index contributed by atoms with van der Waals surface area (Å²) >= 11 is 3.60. The lowest BCUT2D eigenvalue weighted by Gasteiger charge is -2.43. The van der Waals surface area contributed by atoms with E-state index in [9.17, 15) is 9.18 Å². The van der Waals surface area contributed by atoms with Crippen LogP contribution in [0.5, 0.6) is 0 Å². The second kappa shape index (κ2) is 7.42. The van der Waals surface area contributed by atoms with E-state index in [1.807, 2.05) is 37.8 Å². The molecule has 1 saturated heterocycles. The Morgan fingerprint density at radius 1 is 1.24 bits per heavy atom. The van der Waals surface area contributed by atoms with Crippen LogP contribution in [0.25, 0.3) is 0 Å². The highest BCUT2D eigenvalue weighted by atomic mass is 79.9. The van der Waals surface area contributed by atoms with Crippen LogP contribution < -0.4 is 0 Å². The summed E-state index contributed by atoms with van der Waals surface area (Å²) in [6, 6.07) is 13.3. The summed E-state index contributed by atoms with van der Waals surface area (Å²) in [5, 5.41) is 0. The van der Waals surface area contributed by atoms with Gasteiger partial charge in [-0.05, 0) is 87.4 Å². The third-order valence-electron chi connectivity index (χ3n) is 6.16. The lowest BCUT2D eigenvalue weighted by atomic mass is 9.64. The van der Waals surface area contributed by atoms with Crippen molar-refractivity contribution in [3.63, 3.8) is 0 Å². The Morgan fingerprint density at radius 3 is 2.66 bits per heavy atom. The largest absolute Gasteiger partial charge is 0.444 e. The van der Waals surface area contributed by atoms with Crippen LogP contribution in [0.2, 0.25) is 0 Å².